The zero-order valence-corrected chi connectivity index (χ0v) is 15.2. The Kier molecular flexibility index (Phi) is 5.27. The van der Waals surface area contributed by atoms with E-state index in [0.29, 0.717) is 12.3 Å². The highest BCUT2D eigenvalue weighted by atomic mass is 16.5. The monoisotopic (exact) mass is 379 g/mol. The van der Waals surface area contributed by atoms with Gasteiger partial charge in [0.15, 0.2) is 11.5 Å². The summed E-state index contributed by atoms with van der Waals surface area (Å²) in [7, 11) is 0. The molecule has 0 spiro atoms. The molecule has 0 bridgehead atoms. The first kappa shape index (κ1) is 18.1. The minimum Gasteiger partial charge on any atom is -0.382 e. The van der Waals surface area contributed by atoms with Crippen molar-refractivity contribution in [1.29, 1.82) is 0 Å². The number of aromatic nitrogens is 4. The van der Waals surface area contributed by atoms with Crippen molar-refractivity contribution in [1.82, 2.24) is 25.1 Å². The molecule has 0 aliphatic carbocycles. The molecule has 3 aromatic rings. The van der Waals surface area contributed by atoms with Crippen LogP contribution in [-0.2, 0) is 4.74 Å². The molecule has 1 fully saturated rings. The predicted octanol–water partition coefficient (Wildman–Crippen LogP) is 1.09. The largest absolute Gasteiger partial charge is 0.382 e. The predicted molar refractivity (Wildman–Crippen MR) is 104 cm³/mol. The quantitative estimate of drug-likeness (QED) is 0.607. The molecule has 28 heavy (non-hydrogen) atoms. The number of benzene rings is 1. The third-order valence-electron chi connectivity index (χ3n) is 4.54. The normalized spacial score (nSPS) is 17.8. The molecular formula is C19H21N7O2. The lowest BCUT2D eigenvalue weighted by molar-refractivity contribution is 0.00220. The second kappa shape index (κ2) is 8.15. The van der Waals surface area contributed by atoms with Gasteiger partial charge in [0, 0.05) is 31.7 Å². The van der Waals surface area contributed by atoms with Gasteiger partial charge >= 0.3 is 0 Å². The molecule has 2 aromatic heterocycles. The highest BCUT2D eigenvalue weighted by Gasteiger charge is 2.28. The Balaban J connectivity index is 1.58. The first-order chi connectivity index (χ1) is 13.7. The molecule has 9 nitrogen and oxygen atoms in total. The van der Waals surface area contributed by atoms with Crippen LogP contribution in [0.3, 0.4) is 0 Å². The molecule has 2 atom stereocenters. The van der Waals surface area contributed by atoms with Gasteiger partial charge in [-0.15, -0.1) is 0 Å². The van der Waals surface area contributed by atoms with Gasteiger partial charge < -0.3 is 21.1 Å². The average molecular weight is 379 g/mol. The highest BCUT2D eigenvalue weighted by molar-refractivity contribution is 6.05. The first-order valence-corrected chi connectivity index (χ1v) is 9.01. The van der Waals surface area contributed by atoms with Crippen molar-refractivity contribution in [2.75, 3.05) is 30.7 Å². The van der Waals surface area contributed by atoms with Crippen molar-refractivity contribution in [2.45, 2.75) is 12.1 Å². The van der Waals surface area contributed by atoms with E-state index in [-0.39, 0.29) is 23.7 Å². The van der Waals surface area contributed by atoms with Gasteiger partial charge in [-0.3, -0.25) is 9.48 Å². The van der Waals surface area contributed by atoms with Crippen LogP contribution < -0.4 is 16.4 Å². The van der Waals surface area contributed by atoms with Gasteiger partial charge in [0.2, 0.25) is 0 Å². The van der Waals surface area contributed by atoms with Crippen molar-refractivity contribution in [3.63, 3.8) is 0 Å². The van der Waals surface area contributed by atoms with E-state index in [4.69, 9.17) is 10.5 Å². The molecule has 1 aliphatic rings. The molecular weight excluding hydrogens is 358 g/mol. The summed E-state index contributed by atoms with van der Waals surface area (Å²) in [6, 6.07) is 9.91. The van der Waals surface area contributed by atoms with E-state index in [9.17, 15) is 4.79 Å². The third kappa shape index (κ3) is 3.85. The Morgan fingerprint density at radius 3 is 2.86 bits per heavy atom. The SMILES string of the molecule is Nc1nccnc1C(=O)Nc1cnn(C(c2ccccc2)[C@@H]2CNCCO2)c1. The third-order valence-corrected chi connectivity index (χ3v) is 4.54. The van der Waals surface area contributed by atoms with Crippen LogP contribution in [0.15, 0.2) is 55.1 Å². The summed E-state index contributed by atoms with van der Waals surface area (Å²) in [6.45, 7) is 2.19. The van der Waals surface area contributed by atoms with Crippen LogP contribution in [-0.4, -0.2) is 51.5 Å². The number of rotatable bonds is 5. The molecule has 1 aliphatic heterocycles. The van der Waals surface area contributed by atoms with E-state index in [2.05, 4.69) is 25.7 Å². The van der Waals surface area contributed by atoms with Crippen LogP contribution in [0.25, 0.3) is 0 Å². The number of hydrogen-bond acceptors (Lipinski definition) is 7. The summed E-state index contributed by atoms with van der Waals surface area (Å²) in [5, 5.41) is 10.6. The van der Waals surface area contributed by atoms with Crippen molar-refractivity contribution in [3.8, 4) is 0 Å². The van der Waals surface area contributed by atoms with Crippen molar-refractivity contribution < 1.29 is 9.53 Å². The van der Waals surface area contributed by atoms with Gasteiger partial charge in [-0.1, -0.05) is 30.3 Å². The van der Waals surface area contributed by atoms with Gasteiger partial charge in [-0.2, -0.15) is 5.10 Å². The second-order valence-corrected chi connectivity index (χ2v) is 6.42. The number of nitrogen functional groups attached to an aromatic ring is 1. The summed E-state index contributed by atoms with van der Waals surface area (Å²) in [5.41, 5.74) is 7.42. The number of anilines is 2. The Morgan fingerprint density at radius 2 is 2.11 bits per heavy atom. The van der Waals surface area contributed by atoms with Crippen molar-refractivity contribution in [2.24, 2.45) is 0 Å². The maximum atomic E-state index is 12.4. The number of ether oxygens (including phenoxy) is 1. The van der Waals surface area contributed by atoms with Crippen LogP contribution in [0.1, 0.15) is 22.1 Å². The van der Waals surface area contributed by atoms with E-state index in [1.165, 1.54) is 12.4 Å². The van der Waals surface area contributed by atoms with Gasteiger partial charge in [-0.05, 0) is 5.56 Å². The summed E-state index contributed by atoms with van der Waals surface area (Å²) in [5.74, 6) is -0.353. The molecule has 144 valence electrons. The fraction of sp³-hybridized carbons (Fsp3) is 0.263. The van der Waals surface area contributed by atoms with Gasteiger partial charge in [0.25, 0.3) is 5.91 Å². The van der Waals surface area contributed by atoms with Gasteiger partial charge in [0.05, 0.1) is 24.6 Å². The number of morpholine rings is 1. The molecule has 0 radical (unpaired) electrons. The topological polar surface area (TPSA) is 120 Å². The average Bonchev–Trinajstić information content (AvgIpc) is 3.18. The van der Waals surface area contributed by atoms with Crippen LogP contribution >= 0.6 is 0 Å². The zero-order chi connectivity index (χ0) is 19.3. The summed E-state index contributed by atoms with van der Waals surface area (Å²) >= 11 is 0. The molecule has 0 saturated carbocycles. The molecule has 4 rings (SSSR count). The van der Waals surface area contributed by atoms with E-state index in [0.717, 1.165) is 18.7 Å². The Bertz CT molecular complexity index is 938. The smallest absolute Gasteiger partial charge is 0.278 e. The van der Waals surface area contributed by atoms with Gasteiger partial charge in [-0.25, -0.2) is 9.97 Å². The number of nitrogens with zero attached hydrogens (tertiary/aromatic N) is 4. The summed E-state index contributed by atoms with van der Waals surface area (Å²) in [4.78, 5) is 20.3. The molecule has 3 heterocycles. The maximum Gasteiger partial charge on any atom is 0.278 e. The van der Waals surface area contributed by atoms with E-state index < -0.39 is 5.91 Å². The summed E-state index contributed by atoms with van der Waals surface area (Å²) in [6.07, 6.45) is 6.16. The molecule has 1 amide bonds. The van der Waals surface area contributed by atoms with E-state index in [1.54, 1.807) is 12.4 Å². The number of amides is 1. The van der Waals surface area contributed by atoms with Crippen LogP contribution in [0, 0.1) is 0 Å². The van der Waals surface area contributed by atoms with E-state index >= 15 is 0 Å². The Hall–Kier alpha value is -3.30. The van der Waals surface area contributed by atoms with Crippen LogP contribution in [0.2, 0.25) is 0 Å². The van der Waals surface area contributed by atoms with E-state index in [1.807, 2.05) is 35.0 Å². The number of carbonyl (C=O) groups is 1. The Labute approximate surface area is 161 Å². The number of carbonyl (C=O) groups excluding carboxylic acids is 1. The fourth-order valence-electron chi connectivity index (χ4n) is 3.25. The number of hydrogen-bond donors (Lipinski definition) is 3. The lowest BCUT2D eigenvalue weighted by atomic mass is 10.0. The molecule has 9 heteroatoms. The lowest BCUT2D eigenvalue weighted by Crippen LogP contribution is -2.43. The lowest BCUT2D eigenvalue weighted by Gasteiger charge is -2.31. The van der Waals surface area contributed by atoms with Crippen molar-refractivity contribution in [3.05, 3.63) is 66.4 Å². The molecule has 4 N–H and O–H groups in total. The first-order valence-electron chi connectivity index (χ1n) is 9.01. The maximum absolute atomic E-state index is 12.4. The van der Waals surface area contributed by atoms with Crippen molar-refractivity contribution >= 4 is 17.4 Å². The summed E-state index contributed by atoms with van der Waals surface area (Å²) < 4.78 is 7.79. The number of nitrogens with two attached hydrogens (primary N) is 1. The molecule has 1 unspecified atom stereocenters. The standard InChI is InChI=1S/C19H21N7O2/c20-18-16(22-6-7-23-18)19(27)25-14-10-24-26(12-14)17(13-4-2-1-3-5-13)15-11-21-8-9-28-15/h1-7,10,12,15,17,21H,8-9,11H2,(H2,20,23)(H,25,27)/t15-,17?/m0/s1. The fourth-order valence-corrected chi connectivity index (χ4v) is 3.25. The molecule has 1 saturated heterocycles. The highest BCUT2D eigenvalue weighted by Crippen LogP contribution is 2.26. The Morgan fingerprint density at radius 1 is 1.29 bits per heavy atom. The van der Waals surface area contributed by atoms with Gasteiger partial charge in [0.1, 0.15) is 6.04 Å². The molecule has 1 aromatic carbocycles. The zero-order valence-electron chi connectivity index (χ0n) is 15.2. The number of nitrogens with one attached hydrogen (secondary N) is 2. The second-order valence-electron chi connectivity index (χ2n) is 6.42. The minimum atomic E-state index is -0.433. The van der Waals surface area contributed by atoms with Crippen LogP contribution in [0.5, 0.6) is 0 Å². The van der Waals surface area contributed by atoms with Crippen LogP contribution in [0.4, 0.5) is 11.5 Å². The minimum absolute atomic E-state index is 0.0739.